The van der Waals surface area contributed by atoms with E-state index in [9.17, 15) is 4.79 Å². The van der Waals surface area contributed by atoms with E-state index in [0.717, 1.165) is 4.90 Å². The molecule has 0 amide bonds. The summed E-state index contributed by atoms with van der Waals surface area (Å²) in [5, 5.41) is 0.592. The minimum Gasteiger partial charge on any atom is -0.485 e. The minimum absolute atomic E-state index is 0.0129. The van der Waals surface area contributed by atoms with Gasteiger partial charge in [0.1, 0.15) is 5.75 Å². The molecule has 0 radical (unpaired) electrons. The van der Waals surface area contributed by atoms with Gasteiger partial charge in [0, 0.05) is 15.5 Å². The standard InChI is InChI=1S/C15H13ClO2S/c1-19-14-7-5-11(6-8-14)15(17)10-18-13-4-2-3-12(16)9-13/h2-9H,10H2,1H3. The van der Waals surface area contributed by atoms with Crippen LogP contribution in [0.4, 0.5) is 0 Å². The number of benzene rings is 2. The van der Waals surface area contributed by atoms with Crippen LogP contribution in [0.15, 0.2) is 53.4 Å². The Kier molecular flexibility index (Phi) is 4.88. The van der Waals surface area contributed by atoms with Crippen LogP contribution in [0.25, 0.3) is 0 Å². The van der Waals surface area contributed by atoms with Crippen molar-refractivity contribution in [2.24, 2.45) is 0 Å². The number of thioether (sulfide) groups is 1. The first-order chi connectivity index (χ1) is 9.19. The molecular formula is C15H13ClO2S. The maximum absolute atomic E-state index is 11.9. The lowest BCUT2D eigenvalue weighted by atomic mass is 10.1. The summed E-state index contributed by atoms with van der Waals surface area (Å²) in [7, 11) is 0. The summed E-state index contributed by atoms with van der Waals surface area (Å²) < 4.78 is 5.42. The van der Waals surface area contributed by atoms with E-state index in [1.165, 1.54) is 0 Å². The van der Waals surface area contributed by atoms with Crippen molar-refractivity contribution in [1.82, 2.24) is 0 Å². The number of Topliss-reactive ketones (excluding diaryl/α,β-unsaturated/α-hetero) is 1. The fourth-order valence-electron chi connectivity index (χ4n) is 1.57. The van der Waals surface area contributed by atoms with E-state index in [-0.39, 0.29) is 12.4 Å². The number of rotatable bonds is 5. The highest BCUT2D eigenvalue weighted by Crippen LogP contribution is 2.18. The van der Waals surface area contributed by atoms with Gasteiger partial charge in [0.25, 0.3) is 0 Å². The third-order valence-electron chi connectivity index (χ3n) is 2.58. The third kappa shape index (κ3) is 4.01. The lowest BCUT2D eigenvalue weighted by molar-refractivity contribution is 0.0921. The second-order valence-electron chi connectivity index (χ2n) is 3.90. The van der Waals surface area contributed by atoms with Gasteiger partial charge in [-0.2, -0.15) is 0 Å². The number of hydrogen-bond acceptors (Lipinski definition) is 3. The van der Waals surface area contributed by atoms with Crippen LogP contribution in [0, 0.1) is 0 Å². The quantitative estimate of drug-likeness (QED) is 0.606. The van der Waals surface area contributed by atoms with Crippen molar-refractivity contribution in [2.45, 2.75) is 4.90 Å². The van der Waals surface area contributed by atoms with Crippen LogP contribution in [0.2, 0.25) is 5.02 Å². The molecule has 0 aromatic heterocycles. The highest BCUT2D eigenvalue weighted by atomic mass is 35.5. The first kappa shape index (κ1) is 14.0. The molecule has 2 nitrogen and oxygen atoms in total. The Labute approximate surface area is 121 Å². The molecule has 0 aliphatic rings. The summed E-state index contributed by atoms with van der Waals surface area (Å²) in [5.74, 6) is 0.550. The van der Waals surface area contributed by atoms with Gasteiger partial charge in [0.2, 0.25) is 0 Å². The molecular weight excluding hydrogens is 280 g/mol. The van der Waals surface area contributed by atoms with Gasteiger partial charge in [-0.05, 0) is 36.6 Å². The average molecular weight is 293 g/mol. The van der Waals surface area contributed by atoms with Gasteiger partial charge in [-0.25, -0.2) is 0 Å². The van der Waals surface area contributed by atoms with Crippen LogP contribution in [0.3, 0.4) is 0 Å². The number of hydrogen-bond donors (Lipinski definition) is 0. The van der Waals surface area contributed by atoms with E-state index in [0.29, 0.717) is 16.3 Å². The van der Waals surface area contributed by atoms with Crippen molar-refractivity contribution in [3.05, 3.63) is 59.1 Å². The summed E-state index contributed by atoms with van der Waals surface area (Å²) >= 11 is 7.49. The summed E-state index contributed by atoms with van der Waals surface area (Å²) in [6.45, 7) is 0.0129. The molecule has 0 saturated carbocycles. The normalized spacial score (nSPS) is 10.2. The van der Waals surface area contributed by atoms with Gasteiger partial charge >= 0.3 is 0 Å². The summed E-state index contributed by atoms with van der Waals surface area (Å²) in [4.78, 5) is 13.1. The fourth-order valence-corrected chi connectivity index (χ4v) is 2.15. The van der Waals surface area contributed by atoms with Crippen molar-refractivity contribution in [1.29, 1.82) is 0 Å². The van der Waals surface area contributed by atoms with E-state index < -0.39 is 0 Å². The first-order valence-electron chi connectivity index (χ1n) is 5.74. The number of ether oxygens (including phenoxy) is 1. The van der Waals surface area contributed by atoms with E-state index in [1.54, 1.807) is 36.0 Å². The predicted octanol–water partition coefficient (Wildman–Crippen LogP) is 4.32. The Morgan fingerprint density at radius 3 is 2.58 bits per heavy atom. The van der Waals surface area contributed by atoms with Crippen molar-refractivity contribution in [3.63, 3.8) is 0 Å². The zero-order valence-corrected chi connectivity index (χ0v) is 12.0. The molecule has 0 saturated heterocycles. The molecule has 4 heteroatoms. The zero-order valence-electron chi connectivity index (χ0n) is 10.4. The Hall–Kier alpha value is -1.45. The Morgan fingerprint density at radius 1 is 1.21 bits per heavy atom. The Morgan fingerprint density at radius 2 is 1.95 bits per heavy atom. The number of ketones is 1. The van der Waals surface area contributed by atoms with Crippen LogP contribution >= 0.6 is 23.4 Å². The minimum atomic E-state index is -0.0485. The lowest BCUT2D eigenvalue weighted by Gasteiger charge is -2.06. The van der Waals surface area contributed by atoms with Crippen molar-refractivity contribution >= 4 is 29.1 Å². The van der Waals surface area contributed by atoms with Gasteiger partial charge in [-0.3, -0.25) is 4.79 Å². The summed E-state index contributed by atoms with van der Waals surface area (Å²) in [6.07, 6.45) is 2.00. The largest absolute Gasteiger partial charge is 0.485 e. The predicted molar refractivity (Wildman–Crippen MR) is 79.5 cm³/mol. The van der Waals surface area contributed by atoms with E-state index in [2.05, 4.69) is 0 Å². The van der Waals surface area contributed by atoms with Gasteiger partial charge in [-0.1, -0.05) is 29.8 Å². The molecule has 2 aromatic carbocycles. The molecule has 0 N–H and O–H groups in total. The maximum Gasteiger partial charge on any atom is 0.200 e. The van der Waals surface area contributed by atoms with Crippen LogP contribution in [-0.2, 0) is 0 Å². The average Bonchev–Trinajstić information content (AvgIpc) is 2.45. The van der Waals surface area contributed by atoms with E-state index in [1.807, 2.05) is 30.5 Å². The van der Waals surface area contributed by atoms with Crippen molar-refractivity contribution < 1.29 is 9.53 Å². The Balaban J connectivity index is 1.97. The molecule has 2 rings (SSSR count). The van der Waals surface area contributed by atoms with Gasteiger partial charge in [0.15, 0.2) is 12.4 Å². The molecule has 0 unspecified atom stereocenters. The maximum atomic E-state index is 11.9. The monoisotopic (exact) mass is 292 g/mol. The number of carbonyl (C=O) groups excluding carboxylic acids is 1. The van der Waals surface area contributed by atoms with Crippen LogP contribution in [0.5, 0.6) is 5.75 Å². The van der Waals surface area contributed by atoms with Crippen molar-refractivity contribution in [2.75, 3.05) is 12.9 Å². The summed E-state index contributed by atoms with van der Waals surface area (Å²) in [5.41, 5.74) is 0.653. The van der Waals surface area contributed by atoms with E-state index in [4.69, 9.17) is 16.3 Å². The molecule has 0 heterocycles. The second kappa shape index (κ2) is 6.64. The summed E-state index contributed by atoms with van der Waals surface area (Å²) in [6, 6.07) is 14.5. The molecule has 0 spiro atoms. The molecule has 2 aromatic rings. The number of halogens is 1. The lowest BCUT2D eigenvalue weighted by Crippen LogP contribution is -2.11. The van der Waals surface area contributed by atoms with Gasteiger partial charge < -0.3 is 4.74 Å². The second-order valence-corrected chi connectivity index (χ2v) is 5.21. The van der Waals surface area contributed by atoms with Crippen LogP contribution < -0.4 is 4.74 Å². The zero-order chi connectivity index (χ0) is 13.7. The van der Waals surface area contributed by atoms with E-state index >= 15 is 0 Å². The smallest absolute Gasteiger partial charge is 0.200 e. The molecule has 0 aliphatic heterocycles. The fraction of sp³-hybridized carbons (Fsp3) is 0.133. The first-order valence-corrected chi connectivity index (χ1v) is 7.35. The highest BCUT2D eigenvalue weighted by molar-refractivity contribution is 7.98. The van der Waals surface area contributed by atoms with Gasteiger partial charge in [-0.15, -0.1) is 11.8 Å². The molecule has 0 fully saturated rings. The molecule has 98 valence electrons. The topological polar surface area (TPSA) is 26.3 Å². The van der Waals surface area contributed by atoms with Gasteiger partial charge in [0.05, 0.1) is 0 Å². The molecule has 19 heavy (non-hydrogen) atoms. The number of carbonyl (C=O) groups is 1. The van der Waals surface area contributed by atoms with Crippen LogP contribution in [0.1, 0.15) is 10.4 Å². The Bertz CT molecular complexity index is 567. The molecule has 0 atom stereocenters. The SMILES string of the molecule is CSc1ccc(C(=O)COc2cccc(Cl)c2)cc1. The highest BCUT2D eigenvalue weighted by Gasteiger charge is 2.07. The molecule has 0 bridgehead atoms. The van der Waals surface area contributed by atoms with Crippen molar-refractivity contribution in [3.8, 4) is 5.75 Å². The third-order valence-corrected chi connectivity index (χ3v) is 3.56. The molecule has 0 aliphatic carbocycles. The van der Waals surface area contributed by atoms with Crippen LogP contribution in [-0.4, -0.2) is 18.6 Å².